The van der Waals surface area contributed by atoms with E-state index in [1.54, 1.807) is 12.1 Å². The summed E-state index contributed by atoms with van der Waals surface area (Å²) in [5.74, 6) is 0.131. The monoisotopic (exact) mass is 277 g/mol. The van der Waals surface area contributed by atoms with Crippen molar-refractivity contribution in [3.63, 3.8) is 0 Å². The first-order chi connectivity index (χ1) is 9.66. The maximum absolute atomic E-state index is 11.9. The second kappa shape index (κ2) is 7.00. The number of nitrogens with zero attached hydrogens (tertiary/aromatic N) is 2. The van der Waals surface area contributed by atoms with Gasteiger partial charge in [-0.1, -0.05) is 12.1 Å². The summed E-state index contributed by atoms with van der Waals surface area (Å²) in [7, 11) is 0. The van der Waals surface area contributed by atoms with Crippen LogP contribution in [0.4, 0.5) is 5.69 Å². The smallest absolute Gasteiger partial charge is 0.269 e. The molecular weight excluding hydrogens is 258 g/mol. The zero-order valence-corrected chi connectivity index (χ0v) is 11.4. The Balaban J connectivity index is 1.74. The van der Waals surface area contributed by atoms with Crippen molar-refractivity contribution in [1.82, 2.24) is 10.2 Å². The molecular formula is C14H19N3O3. The van der Waals surface area contributed by atoms with E-state index in [-0.39, 0.29) is 11.6 Å². The Bertz CT molecular complexity index is 467. The molecule has 0 unspecified atom stereocenters. The van der Waals surface area contributed by atoms with E-state index < -0.39 is 4.92 Å². The molecule has 1 N–H and O–H groups in total. The van der Waals surface area contributed by atoms with Gasteiger partial charge in [0.2, 0.25) is 5.91 Å². The highest BCUT2D eigenvalue weighted by Gasteiger charge is 2.15. The second-order valence-electron chi connectivity index (χ2n) is 4.97. The average molecular weight is 277 g/mol. The molecule has 1 aromatic rings. The van der Waals surface area contributed by atoms with Crippen molar-refractivity contribution < 1.29 is 9.72 Å². The van der Waals surface area contributed by atoms with Gasteiger partial charge in [-0.2, -0.15) is 0 Å². The van der Waals surface area contributed by atoms with Crippen LogP contribution >= 0.6 is 0 Å². The number of nitrogens with one attached hydrogen (secondary N) is 1. The Morgan fingerprint density at radius 3 is 2.45 bits per heavy atom. The summed E-state index contributed by atoms with van der Waals surface area (Å²) >= 11 is 0. The van der Waals surface area contributed by atoms with E-state index in [1.807, 2.05) is 4.90 Å². The molecule has 6 nitrogen and oxygen atoms in total. The average Bonchev–Trinajstić information content (AvgIpc) is 2.48. The van der Waals surface area contributed by atoms with Gasteiger partial charge in [0.1, 0.15) is 0 Å². The third kappa shape index (κ3) is 4.03. The van der Waals surface area contributed by atoms with Crippen LogP contribution in [0.15, 0.2) is 24.3 Å². The quantitative estimate of drug-likeness (QED) is 0.656. The molecule has 0 spiro atoms. The highest BCUT2D eigenvalue weighted by molar-refractivity contribution is 5.78. The molecule has 2 rings (SSSR count). The van der Waals surface area contributed by atoms with E-state index in [1.165, 1.54) is 18.6 Å². The zero-order chi connectivity index (χ0) is 14.4. The molecule has 0 aromatic heterocycles. The number of carbonyl (C=O) groups is 1. The number of piperidine rings is 1. The number of benzene rings is 1. The fourth-order valence-corrected chi connectivity index (χ4v) is 2.30. The highest BCUT2D eigenvalue weighted by Crippen LogP contribution is 2.12. The standard InChI is InChI=1S/C14H19N3O3/c18-14(16-8-2-1-3-9-16)11-15-10-12-4-6-13(7-5-12)17(19)20/h4-7,15H,1-3,8-11H2. The maximum Gasteiger partial charge on any atom is 0.269 e. The molecule has 1 aliphatic rings. The summed E-state index contributed by atoms with van der Waals surface area (Å²) in [6, 6.07) is 6.36. The molecule has 0 radical (unpaired) electrons. The lowest BCUT2D eigenvalue weighted by molar-refractivity contribution is -0.384. The normalized spacial score (nSPS) is 15.1. The summed E-state index contributed by atoms with van der Waals surface area (Å²) in [5, 5.41) is 13.6. The molecule has 0 aliphatic carbocycles. The predicted octanol–water partition coefficient (Wildman–Crippen LogP) is 1.70. The fourth-order valence-electron chi connectivity index (χ4n) is 2.30. The van der Waals surface area contributed by atoms with Gasteiger partial charge in [0, 0.05) is 31.8 Å². The van der Waals surface area contributed by atoms with Crippen LogP contribution in [0.5, 0.6) is 0 Å². The van der Waals surface area contributed by atoms with Crippen molar-refractivity contribution in [2.75, 3.05) is 19.6 Å². The number of nitro groups is 1. The summed E-state index contributed by atoms with van der Waals surface area (Å²) in [6.07, 6.45) is 3.39. The molecule has 0 saturated carbocycles. The number of hydrogen-bond acceptors (Lipinski definition) is 4. The van der Waals surface area contributed by atoms with Crippen LogP contribution in [0.25, 0.3) is 0 Å². The van der Waals surface area contributed by atoms with E-state index in [0.717, 1.165) is 31.5 Å². The van der Waals surface area contributed by atoms with Gasteiger partial charge in [-0.05, 0) is 24.8 Å². The van der Waals surface area contributed by atoms with Gasteiger partial charge in [0.15, 0.2) is 0 Å². The first-order valence-corrected chi connectivity index (χ1v) is 6.88. The van der Waals surface area contributed by atoms with Crippen LogP contribution in [0.3, 0.4) is 0 Å². The molecule has 6 heteroatoms. The van der Waals surface area contributed by atoms with E-state index in [4.69, 9.17) is 0 Å². The van der Waals surface area contributed by atoms with Crippen molar-refractivity contribution in [1.29, 1.82) is 0 Å². The van der Waals surface area contributed by atoms with Crippen LogP contribution in [-0.2, 0) is 11.3 Å². The Morgan fingerprint density at radius 2 is 1.85 bits per heavy atom. The van der Waals surface area contributed by atoms with Crippen LogP contribution in [0, 0.1) is 10.1 Å². The minimum absolute atomic E-state index is 0.0816. The number of hydrogen-bond donors (Lipinski definition) is 1. The Hall–Kier alpha value is -1.95. The molecule has 108 valence electrons. The third-order valence-corrected chi connectivity index (χ3v) is 3.46. The summed E-state index contributed by atoms with van der Waals surface area (Å²) < 4.78 is 0. The lowest BCUT2D eigenvalue weighted by atomic mass is 10.1. The largest absolute Gasteiger partial charge is 0.342 e. The molecule has 1 saturated heterocycles. The van der Waals surface area contributed by atoms with Crippen molar-refractivity contribution in [2.24, 2.45) is 0 Å². The predicted molar refractivity (Wildman–Crippen MR) is 75.2 cm³/mol. The minimum atomic E-state index is -0.420. The summed E-state index contributed by atoms with van der Waals surface area (Å²) in [4.78, 5) is 23.9. The van der Waals surface area contributed by atoms with Crippen LogP contribution in [0.1, 0.15) is 24.8 Å². The number of rotatable bonds is 5. The second-order valence-corrected chi connectivity index (χ2v) is 4.97. The Kier molecular flexibility index (Phi) is 5.06. The zero-order valence-electron chi connectivity index (χ0n) is 11.4. The van der Waals surface area contributed by atoms with Crippen LogP contribution in [-0.4, -0.2) is 35.4 Å². The van der Waals surface area contributed by atoms with E-state index >= 15 is 0 Å². The van der Waals surface area contributed by atoms with E-state index in [9.17, 15) is 14.9 Å². The van der Waals surface area contributed by atoms with E-state index in [2.05, 4.69) is 5.32 Å². The van der Waals surface area contributed by atoms with Gasteiger partial charge < -0.3 is 10.2 Å². The van der Waals surface area contributed by atoms with Gasteiger partial charge >= 0.3 is 0 Å². The first-order valence-electron chi connectivity index (χ1n) is 6.88. The maximum atomic E-state index is 11.9. The van der Waals surface area contributed by atoms with Crippen LogP contribution < -0.4 is 5.32 Å². The van der Waals surface area contributed by atoms with Crippen molar-refractivity contribution in [3.05, 3.63) is 39.9 Å². The molecule has 1 aromatic carbocycles. The third-order valence-electron chi connectivity index (χ3n) is 3.46. The van der Waals surface area contributed by atoms with Gasteiger partial charge in [-0.15, -0.1) is 0 Å². The number of non-ortho nitro benzene ring substituents is 1. The van der Waals surface area contributed by atoms with Crippen LogP contribution in [0.2, 0.25) is 0 Å². The minimum Gasteiger partial charge on any atom is -0.342 e. The Morgan fingerprint density at radius 1 is 1.20 bits per heavy atom. The molecule has 0 atom stereocenters. The lowest BCUT2D eigenvalue weighted by Gasteiger charge is -2.26. The number of nitro benzene ring substituents is 1. The SMILES string of the molecule is O=C(CNCc1ccc([N+](=O)[O-])cc1)N1CCCCC1. The number of carbonyl (C=O) groups excluding carboxylic acids is 1. The molecule has 1 amide bonds. The molecule has 1 heterocycles. The van der Waals surface area contributed by atoms with Crippen molar-refractivity contribution in [2.45, 2.75) is 25.8 Å². The van der Waals surface area contributed by atoms with E-state index in [0.29, 0.717) is 13.1 Å². The van der Waals surface area contributed by atoms with Gasteiger partial charge in [0.05, 0.1) is 11.5 Å². The molecule has 20 heavy (non-hydrogen) atoms. The van der Waals surface area contributed by atoms with Crippen molar-refractivity contribution in [3.8, 4) is 0 Å². The summed E-state index contributed by atoms with van der Waals surface area (Å²) in [5.41, 5.74) is 1.01. The number of likely N-dealkylation sites (tertiary alicyclic amines) is 1. The van der Waals surface area contributed by atoms with Gasteiger partial charge in [0.25, 0.3) is 5.69 Å². The first kappa shape index (κ1) is 14.5. The topological polar surface area (TPSA) is 75.5 Å². The van der Waals surface area contributed by atoms with Gasteiger partial charge in [-0.3, -0.25) is 14.9 Å². The molecule has 0 bridgehead atoms. The van der Waals surface area contributed by atoms with Crippen molar-refractivity contribution >= 4 is 11.6 Å². The highest BCUT2D eigenvalue weighted by atomic mass is 16.6. The number of amides is 1. The molecule has 1 fully saturated rings. The Labute approximate surface area is 117 Å². The lowest BCUT2D eigenvalue weighted by Crippen LogP contribution is -2.40. The fraction of sp³-hybridized carbons (Fsp3) is 0.500. The summed E-state index contributed by atoms with van der Waals surface area (Å²) in [6.45, 7) is 2.57. The molecule has 1 aliphatic heterocycles. The van der Waals surface area contributed by atoms with Gasteiger partial charge in [-0.25, -0.2) is 0 Å².